The third-order valence-corrected chi connectivity index (χ3v) is 4.68. The van der Waals surface area contributed by atoms with Crippen molar-refractivity contribution in [2.45, 2.75) is 13.8 Å². The van der Waals surface area contributed by atoms with Crippen LogP contribution >= 0.6 is 11.3 Å². The van der Waals surface area contributed by atoms with E-state index in [0.29, 0.717) is 16.5 Å². The summed E-state index contributed by atoms with van der Waals surface area (Å²) in [6.07, 6.45) is 1.96. The van der Waals surface area contributed by atoms with Crippen molar-refractivity contribution >= 4 is 21.9 Å². The first-order chi connectivity index (χ1) is 11.7. The van der Waals surface area contributed by atoms with Crippen molar-refractivity contribution in [2.75, 3.05) is 0 Å². The fraction of sp³-hybridized carbons (Fsp3) is 0.133. The quantitative estimate of drug-likeness (QED) is 0.492. The second kappa shape index (κ2) is 4.71. The predicted molar refractivity (Wildman–Crippen MR) is 87.8 cm³/mol. The molecule has 5 heterocycles. The number of aromatic nitrogens is 7. The minimum absolute atomic E-state index is 0.656. The summed E-state index contributed by atoms with van der Waals surface area (Å²) in [6.45, 7) is 3.81. The van der Waals surface area contributed by atoms with Crippen LogP contribution in [0.1, 0.15) is 11.5 Å². The predicted octanol–water partition coefficient (Wildman–Crippen LogP) is 2.77. The molecule has 0 fully saturated rings. The standard InChI is InChI=1S/C15H11N7OS/c1-8-7-10(20-23-8)14-19-22-13(17-18-15(22)24-14)12-9(2)16-11-5-3-4-6-21(11)12/h3-7H,1-2H3. The summed E-state index contributed by atoms with van der Waals surface area (Å²) in [4.78, 5) is 5.27. The van der Waals surface area contributed by atoms with Gasteiger partial charge in [0.15, 0.2) is 5.01 Å². The van der Waals surface area contributed by atoms with Crippen LogP contribution in [0, 0.1) is 13.8 Å². The first-order valence-electron chi connectivity index (χ1n) is 7.31. The van der Waals surface area contributed by atoms with Crippen molar-refractivity contribution < 1.29 is 4.52 Å². The van der Waals surface area contributed by atoms with E-state index in [1.807, 2.05) is 48.7 Å². The van der Waals surface area contributed by atoms with Gasteiger partial charge >= 0.3 is 0 Å². The van der Waals surface area contributed by atoms with E-state index in [1.165, 1.54) is 11.3 Å². The normalized spacial score (nSPS) is 11.8. The van der Waals surface area contributed by atoms with Gasteiger partial charge in [0.2, 0.25) is 10.8 Å². The number of imidazole rings is 1. The van der Waals surface area contributed by atoms with E-state index in [0.717, 1.165) is 27.8 Å². The highest BCUT2D eigenvalue weighted by Gasteiger charge is 2.20. The molecule has 5 aromatic heterocycles. The minimum atomic E-state index is 0.656. The van der Waals surface area contributed by atoms with E-state index in [4.69, 9.17) is 4.52 Å². The second-order valence-electron chi connectivity index (χ2n) is 5.42. The fourth-order valence-electron chi connectivity index (χ4n) is 2.72. The maximum atomic E-state index is 5.13. The van der Waals surface area contributed by atoms with E-state index in [-0.39, 0.29) is 0 Å². The number of aryl methyl sites for hydroxylation is 2. The van der Waals surface area contributed by atoms with Gasteiger partial charge in [0.05, 0.1) is 5.69 Å². The Hall–Kier alpha value is -3.07. The lowest BCUT2D eigenvalue weighted by Gasteiger charge is -1.99. The number of nitrogens with zero attached hydrogens (tertiary/aromatic N) is 7. The highest BCUT2D eigenvalue weighted by Crippen LogP contribution is 2.29. The van der Waals surface area contributed by atoms with Crippen LogP contribution in [0.25, 0.3) is 32.8 Å². The number of pyridine rings is 1. The Labute approximate surface area is 139 Å². The molecular formula is C15H11N7OS. The monoisotopic (exact) mass is 337 g/mol. The Morgan fingerprint density at radius 3 is 2.92 bits per heavy atom. The zero-order valence-corrected chi connectivity index (χ0v) is 13.7. The molecule has 0 aliphatic carbocycles. The minimum Gasteiger partial charge on any atom is -0.361 e. The van der Waals surface area contributed by atoms with Gasteiger partial charge in [-0.15, -0.1) is 10.2 Å². The van der Waals surface area contributed by atoms with Crippen molar-refractivity contribution in [2.24, 2.45) is 0 Å². The van der Waals surface area contributed by atoms with Crippen molar-refractivity contribution in [3.05, 3.63) is 41.9 Å². The molecule has 0 bridgehead atoms. The van der Waals surface area contributed by atoms with Crippen molar-refractivity contribution in [3.63, 3.8) is 0 Å². The number of hydrogen-bond acceptors (Lipinski definition) is 7. The van der Waals surface area contributed by atoms with E-state index >= 15 is 0 Å². The lowest BCUT2D eigenvalue weighted by Crippen LogP contribution is -1.96. The smallest absolute Gasteiger partial charge is 0.235 e. The second-order valence-corrected chi connectivity index (χ2v) is 6.38. The van der Waals surface area contributed by atoms with Gasteiger partial charge in [0.1, 0.15) is 22.8 Å². The summed E-state index contributed by atoms with van der Waals surface area (Å²) in [5.41, 5.74) is 3.32. The molecule has 0 aliphatic heterocycles. The Kier molecular flexibility index (Phi) is 2.63. The highest BCUT2D eigenvalue weighted by atomic mass is 32.1. The van der Waals surface area contributed by atoms with Crippen LogP contribution in [0.5, 0.6) is 0 Å². The van der Waals surface area contributed by atoms with Gasteiger partial charge in [-0.25, -0.2) is 4.98 Å². The van der Waals surface area contributed by atoms with Crippen LogP contribution in [0.4, 0.5) is 0 Å². The Balaban J connectivity index is 1.75. The van der Waals surface area contributed by atoms with Crippen molar-refractivity contribution in [1.29, 1.82) is 0 Å². The molecule has 0 unspecified atom stereocenters. The van der Waals surface area contributed by atoms with E-state index in [2.05, 4.69) is 25.4 Å². The van der Waals surface area contributed by atoms with Crippen LogP contribution in [-0.4, -0.2) is 34.4 Å². The van der Waals surface area contributed by atoms with E-state index in [1.54, 1.807) is 4.52 Å². The van der Waals surface area contributed by atoms with E-state index in [9.17, 15) is 0 Å². The van der Waals surface area contributed by atoms with Crippen molar-refractivity contribution in [1.82, 2.24) is 34.4 Å². The molecule has 5 aromatic rings. The molecule has 0 saturated carbocycles. The van der Waals surface area contributed by atoms with E-state index < -0.39 is 0 Å². The first kappa shape index (κ1) is 13.4. The average Bonchev–Trinajstić information content (AvgIpc) is 3.29. The molecule has 118 valence electrons. The summed E-state index contributed by atoms with van der Waals surface area (Å²) in [5.74, 6) is 1.40. The third kappa shape index (κ3) is 1.81. The van der Waals surface area contributed by atoms with Crippen LogP contribution in [0.15, 0.2) is 35.0 Å². The summed E-state index contributed by atoms with van der Waals surface area (Å²) in [5, 5.41) is 17.9. The lowest BCUT2D eigenvalue weighted by molar-refractivity contribution is 0.399. The molecule has 0 N–H and O–H groups in total. The number of rotatable bonds is 2. The molecule has 0 spiro atoms. The molecular weight excluding hydrogens is 326 g/mol. The topological polar surface area (TPSA) is 86.4 Å². The maximum Gasteiger partial charge on any atom is 0.235 e. The average molecular weight is 337 g/mol. The molecule has 5 rings (SSSR count). The van der Waals surface area contributed by atoms with Gasteiger partial charge in [0, 0.05) is 12.3 Å². The van der Waals surface area contributed by atoms with Gasteiger partial charge in [0.25, 0.3) is 0 Å². The number of fused-ring (bicyclic) bond motifs is 2. The molecule has 0 radical (unpaired) electrons. The van der Waals surface area contributed by atoms with Crippen LogP contribution in [0.2, 0.25) is 0 Å². The van der Waals surface area contributed by atoms with Crippen LogP contribution in [-0.2, 0) is 0 Å². The van der Waals surface area contributed by atoms with Crippen LogP contribution in [0.3, 0.4) is 0 Å². The Morgan fingerprint density at radius 1 is 1.17 bits per heavy atom. The zero-order chi connectivity index (χ0) is 16.3. The molecule has 0 aliphatic rings. The summed E-state index contributed by atoms with van der Waals surface area (Å²) in [7, 11) is 0. The van der Waals surface area contributed by atoms with Gasteiger partial charge in [-0.1, -0.05) is 22.6 Å². The lowest BCUT2D eigenvalue weighted by atomic mass is 10.3. The third-order valence-electron chi connectivity index (χ3n) is 3.75. The first-order valence-corrected chi connectivity index (χ1v) is 8.12. The molecule has 9 heteroatoms. The van der Waals surface area contributed by atoms with Gasteiger partial charge in [-0.2, -0.15) is 9.61 Å². The number of hydrogen-bond donors (Lipinski definition) is 0. The highest BCUT2D eigenvalue weighted by molar-refractivity contribution is 7.19. The summed E-state index contributed by atoms with van der Waals surface area (Å²) < 4.78 is 8.85. The SMILES string of the molecule is Cc1cc(-c2nn3c(-c4c(C)nc5ccccn45)nnc3s2)no1. The Morgan fingerprint density at radius 2 is 2.08 bits per heavy atom. The maximum absolute atomic E-state index is 5.13. The molecule has 24 heavy (non-hydrogen) atoms. The van der Waals surface area contributed by atoms with Crippen LogP contribution < -0.4 is 0 Å². The van der Waals surface area contributed by atoms with Gasteiger partial charge in [-0.05, 0) is 26.0 Å². The largest absolute Gasteiger partial charge is 0.361 e. The Bertz CT molecular complexity index is 1200. The van der Waals surface area contributed by atoms with Crippen molar-refractivity contribution in [3.8, 4) is 22.2 Å². The molecule has 0 aromatic carbocycles. The van der Waals surface area contributed by atoms with Gasteiger partial charge < -0.3 is 4.52 Å². The summed E-state index contributed by atoms with van der Waals surface area (Å²) >= 11 is 1.42. The van der Waals surface area contributed by atoms with Gasteiger partial charge in [-0.3, -0.25) is 4.40 Å². The zero-order valence-electron chi connectivity index (χ0n) is 12.8. The molecule has 0 saturated heterocycles. The molecule has 8 nitrogen and oxygen atoms in total. The summed E-state index contributed by atoms with van der Waals surface area (Å²) in [6, 6.07) is 7.73. The fourth-order valence-corrected chi connectivity index (χ4v) is 3.51. The molecule has 0 atom stereocenters. The molecule has 0 amide bonds.